The van der Waals surface area contributed by atoms with E-state index < -0.39 is 0 Å². The van der Waals surface area contributed by atoms with Crippen LogP contribution in [0.15, 0.2) is 65.2 Å². The number of nitrogens with one attached hydrogen (secondary N) is 1. The lowest BCUT2D eigenvalue weighted by atomic mass is 9.90. The van der Waals surface area contributed by atoms with Crippen LogP contribution in [0.25, 0.3) is 0 Å². The second-order valence-corrected chi connectivity index (χ2v) is 5.71. The van der Waals surface area contributed by atoms with Crippen molar-refractivity contribution >= 4 is 17.5 Å². The van der Waals surface area contributed by atoms with Crippen molar-refractivity contribution in [2.75, 3.05) is 0 Å². The molecule has 2 amide bonds. The Morgan fingerprint density at radius 3 is 2.91 bits per heavy atom. The maximum Gasteiger partial charge on any atom is 0.273 e. The number of dihydropyridines is 1. The van der Waals surface area contributed by atoms with Gasteiger partial charge in [0.2, 0.25) is 5.91 Å². The first-order valence-electron chi connectivity index (χ1n) is 7.62. The van der Waals surface area contributed by atoms with Gasteiger partial charge in [0.05, 0.1) is 5.71 Å². The van der Waals surface area contributed by atoms with Gasteiger partial charge in [0.1, 0.15) is 0 Å². The molecule has 1 heterocycles. The lowest BCUT2D eigenvalue weighted by Crippen LogP contribution is -2.20. The monoisotopic (exact) mass is 306 g/mol. The topological polar surface area (TPSA) is 58.5 Å². The molecule has 0 spiro atoms. The van der Waals surface area contributed by atoms with Crippen LogP contribution in [0.5, 0.6) is 0 Å². The van der Waals surface area contributed by atoms with E-state index in [9.17, 15) is 9.59 Å². The normalized spacial score (nSPS) is 19.0. The van der Waals surface area contributed by atoms with Gasteiger partial charge in [-0.05, 0) is 17.2 Å². The van der Waals surface area contributed by atoms with Gasteiger partial charge < -0.3 is 5.32 Å². The van der Waals surface area contributed by atoms with Gasteiger partial charge >= 0.3 is 0 Å². The molecular weight excluding hydrogens is 288 g/mol. The number of aliphatic imine (C=N–C) groups is 1. The van der Waals surface area contributed by atoms with E-state index in [4.69, 9.17) is 0 Å². The molecule has 1 aromatic carbocycles. The molecule has 4 nitrogen and oxygen atoms in total. The molecule has 1 N–H and O–H groups in total. The van der Waals surface area contributed by atoms with Gasteiger partial charge in [-0.3, -0.25) is 9.59 Å². The van der Waals surface area contributed by atoms with E-state index in [1.54, 1.807) is 0 Å². The van der Waals surface area contributed by atoms with Crippen molar-refractivity contribution in [3.05, 3.63) is 71.3 Å². The fourth-order valence-corrected chi connectivity index (χ4v) is 2.71. The molecular formula is C19H18N2O2. The molecule has 4 heteroatoms. The minimum absolute atomic E-state index is 0.0559. The number of allylic oxidation sites excluding steroid dienone is 5. The summed E-state index contributed by atoms with van der Waals surface area (Å²) in [4.78, 5) is 27.4. The van der Waals surface area contributed by atoms with Gasteiger partial charge in [-0.25, -0.2) is 4.99 Å². The van der Waals surface area contributed by atoms with Crippen molar-refractivity contribution in [2.45, 2.75) is 19.9 Å². The summed E-state index contributed by atoms with van der Waals surface area (Å²) in [5.41, 5.74) is 3.59. The Bertz CT molecular complexity index is 769. The van der Waals surface area contributed by atoms with Gasteiger partial charge in [-0.1, -0.05) is 48.6 Å². The second-order valence-electron chi connectivity index (χ2n) is 5.71. The smallest absolute Gasteiger partial charge is 0.273 e. The molecule has 0 bridgehead atoms. The summed E-state index contributed by atoms with van der Waals surface area (Å²) in [7, 11) is 0. The number of carbonyl (C=O) groups excluding carboxylic acids is 2. The number of carbonyl (C=O) groups is 2. The Balaban J connectivity index is 1.74. The Kier molecular flexibility index (Phi) is 4.33. The first kappa shape index (κ1) is 15.2. The number of fused-ring (bicyclic) bond motifs is 1. The van der Waals surface area contributed by atoms with Gasteiger partial charge in [0, 0.05) is 31.4 Å². The molecule has 0 fully saturated rings. The third kappa shape index (κ3) is 3.72. The molecule has 2 aliphatic rings. The minimum atomic E-state index is -0.163. The van der Waals surface area contributed by atoms with Crippen molar-refractivity contribution < 1.29 is 9.59 Å². The fraction of sp³-hybridized carbons (Fsp3) is 0.211. The molecule has 1 atom stereocenters. The summed E-state index contributed by atoms with van der Waals surface area (Å²) in [6.07, 6.45) is 10.3. The first-order valence-corrected chi connectivity index (χ1v) is 7.62. The number of rotatable bonds is 4. The van der Waals surface area contributed by atoms with Crippen LogP contribution >= 0.6 is 0 Å². The number of benzene rings is 1. The molecule has 1 aliphatic carbocycles. The van der Waals surface area contributed by atoms with Gasteiger partial charge in [-0.15, -0.1) is 0 Å². The number of hydrogen-bond acceptors (Lipinski definition) is 2. The fourth-order valence-electron chi connectivity index (χ4n) is 2.71. The van der Waals surface area contributed by atoms with Crippen molar-refractivity contribution in [3.8, 4) is 0 Å². The maximum atomic E-state index is 12.2. The Morgan fingerprint density at radius 2 is 2.09 bits per heavy atom. The van der Waals surface area contributed by atoms with E-state index in [0.29, 0.717) is 13.0 Å². The third-order valence-electron chi connectivity index (χ3n) is 3.85. The lowest BCUT2D eigenvalue weighted by molar-refractivity contribution is -0.119. The standard InChI is InChI=1S/C19H18N2O2/c1-13(22)20-12-15-6-4-5-14(9-15)10-17-11-16-7-2-3-8-18(16)21-19(17)23/h2-9,11,16H,10,12H2,1H3,(H,20,22). The molecule has 116 valence electrons. The van der Waals surface area contributed by atoms with Crippen LogP contribution in [0.2, 0.25) is 0 Å². The van der Waals surface area contributed by atoms with E-state index in [-0.39, 0.29) is 17.7 Å². The molecule has 0 radical (unpaired) electrons. The van der Waals surface area contributed by atoms with Crippen LogP contribution in [0, 0.1) is 5.92 Å². The highest BCUT2D eigenvalue weighted by molar-refractivity contribution is 6.13. The molecule has 0 saturated carbocycles. The lowest BCUT2D eigenvalue weighted by Gasteiger charge is -2.18. The predicted molar refractivity (Wildman–Crippen MR) is 90.0 cm³/mol. The summed E-state index contributed by atoms with van der Waals surface area (Å²) in [6, 6.07) is 7.90. The molecule has 1 unspecified atom stereocenters. The Hall–Kier alpha value is -2.75. The zero-order chi connectivity index (χ0) is 16.2. The average Bonchev–Trinajstić information content (AvgIpc) is 2.54. The van der Waals surface area contributed by atoms with Crippen molar-refractivity contribution in [1.82, 2.24) is 5.32 Å². The summed E-state index contributed by atoms with van der Waals surface area (Å²) < 4.78 is 0. The van der Waals surface area contributed by atoms with E-state index in [1.807, 2.05) is 54.6 Å². The summed E-state index contributed by atoms with van der Waals surface area (Å²) in [6.45, 7) is 1.99. The van der Waals surface area contributed by atoms with Gasteiger partial charge in [0.15, 0.2) is 0 Å². The zero-order valence-corrected chi connectivity index (χ0v) is 13.0. The summed E-state index contributed by atoms with van der Waals surface area (Å²) in [5.74, 6) is -0.127. The molecule has 1 aromatic rings. The molecule has 3 rings (SSSR count). The molecule has 23 heavy (non-hydrogen) atoms. The third-order valence-corrected chi connectivity index (χ3v) is 3.85. The summed E-state index contributed by atoms with van der Waals surface area (Å²) >= 11 is 0. The van der Waals surface area contributed by atoms with E-state index in [0.717, 1.165) is 22.4 Å². The maximum absolute atomic E-state index is 12.2. The highest BCUT2D eigenvalue weighted by atomic mass is 16.1. The predicted octanol–water partition coefficient (Wildman–Crippen LogP) is 2.52. The second kappa shape index (κ2) is 6.57. The van der Waals surface area contributed by atoms with E-state index in [1.165, 1.54) is 6.92 Å². The van der Waals surface area contributed by atoms with Crippen LogP contribution in [-0.2, 0) is 22.6 Å². The van der Waals surface area contributed by atoms with Crippen molar-refractivity contribution in [3.63, 3.8) is 0 Å². The quantitative estimate of drug-likeness (QED) is 0.929. The van der Waals surface area contributed by atoms with E-state index in [2.05, 4.69) is 10.3 Å². The number of amides is 2. The first-order chi connectivity index (χ1) is 11.1. The van der Waals surface area contributed by atoms with Crippen molar-refractivity contribution in [1.29, 1.82) is 0 Å². The number of nitrogens with zero attached hydrogens (tertiary/aromatic N) is 1. The van der Waals surface area contributed by atoms with Crippen molar-refractivity contribution in [2.24, 2.45) is 10.9 Å². The zero-order valence-electron chi connectivity index (χ0n) is 13.0. The summed E-state index contributed by atoms with van der Waals surface area (Å²) in [5, 5.41) is 2.78. The number of hydrogen-bond donors (Lipinski definition) is 1. The van der Waals surface area contributed by atoms with Gasteiger partial charge in [-0.2, -0.15) is 0 Å². The minimum Gasteiger partial charge on any atom is -0.352 e. The van der Waals surface area contributed by atoms with Crippen LogP contribution in [0.1, 0.15) is 18.1 Å². The van der Waals surface area contributed by atoms with E-state index >= 15 is 0 Å². The van der Waals surface area contributed by atoms with Crippen LogP contribution < -0.4 is 5.32 Å². The molecule has 0 aromatic heterocycles. The largest absolute Gasteiger partial charge is 0.352 e. The molecule has 1 aliphatic heterocycles. The van der Waals surface area contributed by atoms with Crippen LogP contribution in [0.4, 0.5) is 0 Å². The van der Waals surface area contributed by atoms with Crippen LogP contribution in [0.3, 0.4) is 0 Å². The Morgan fingerprint density at radius 1 is 1.26 bits per heavy atom. The Labute approximate surface area is 135 Å². The SMILES string of the molecule is CC(=O)NCc1cccc(CC2=CC3C=CC=CC3=NC2=O)c1. The van der Waals surface area contributed by atoms with Gasteiger partial charge in [0.25, 0.3) is 5.91 Å². The highest BCUT2D eigenvalue weighted by Crippen LogP contribution is 2.22. The molecule has 0 saturated heterocycles. The van der Waals surface area contributed by atoms with Crippen LogP contribution in [-0.4, -0.2) is 17.5 Å². The highest BCUT2D eigenvalue weighted by Gasteiger charge is 2.22. The average molecular weight is 306 g/mol.